The molecule has 2 N–H and O–H groups in total. The molecule has 1 aromatic heterocycles. The summed E-state index contributed by atoms with van der Waals surface area (Å²) < 4.78 is 1.80. The molecule has 0 saturated heterocycles. The SMILES string of the molecule is CCC(CC)(CNC(=O)c1ccc(Cn2cccn2)cc1)C(=O)O. The van der Waals surface area contributed by atoms with Crippen molar-refractivity contribution in [3.63, 3.8) is 0 Å². The predicted octanol–water partition coefficient (Wildman–Crippen LogP) is 2.55. The van der Waals surface area contributed by atoms with Crippen molar-refractivity contribution in [2.45, 2.75) is 33.2 Å². The minimum Gasteiger partial charge on any atom is -0.481 e. The maximum Gasteiger partial charge on any atom is 0.311 e. The van der Waals surface area contributed by atoms with Gasteiger partial charge < -0.3 is 10.4 Å². The minimum atomic E-state index is -0.907. The monoisotopic (exact) mass is 329 g/mol. The van der Waals surface area contributed by atoms with Crippen molar-refractivity contribution in [3.05, 3.63) is 53.9 Å². The van der Waals surface area contributed by atoms with E-state index in [4.69, 9.17) is 0 Å². The highest BCUT2D eigenvalue weighted by Crippen LogP contribution is 2.25. The molecule has 1 aromatic carbocycles. The molecule has 2 rings (SSSR count). The third-order valence-corrected chi connectivity index (χ3v) is 4.51. The average molecular weight is 329 g/mol. The summed E-state index contributed by atoms with van der Waals surface area (Å²) in [7, 11) is 0. The van der Waals surface area contributed by atoms with Crippen molar-refractivity contribution in [2.24, 2.45) is 5.41 Å². The molecule has 0 fully saturated rings. The number of rotatable bonds is 8. The molecule has 0 atom stereocenters. The first kappa shape index (κ1) is 17.7. The van der Waals surface area contributed by atoms with Crippen molar-refractivity contribution in [2.75, 3.05) is 6.54 Å². The van der Waals surface area contributed by atoms with E-state index in [-0.39, 0.29) is 12.5 Å². The van der Waals surface area contributed by atoms with Crippen molar-refractivity contribution < 1.29 is 14.7 Å². The number of carboxylic acid groups (broad SMARTS) is 1. The van der Waals surface area contributed by atoms with Crippen LogP contribution in [0.4, 0.5) is 0 Å². The Morgan fingerprint density at radius 2 is 1.88 bits per heavy atom. The van der Waals surface area contributed by atoms with Gasteiger partial charge in [0.25, 0.3) is 5.91 Å². The maximum atomic E-state index is 12.3. The fourth-order valence-electron chi connectivity index (χ4n) is 2.57. The molecule has 0 saturated carbocycles. The molecule has 128 valence electrons. The molecule has 0 aliphatic rings. The Bertz CT molecular complexity index is 674. The summed E-state index contributed by atoms with van der Waals surface area (Å²) >= 11 is 0. The van der Waals surface area contributed by atoms with Crippen molar-refractivity contribution in [3.8, 4) is 0 Å². The number of benzene rings is 1. The lowest BCUT2D eigenvalue weighted by molar-refractivity contribution is -0.149. The van der Waals surface area contributed by atoms with Gasteiger partial charge in [-0.3, -0.25) is 14.3 Å². The van der Waals surface area contributed by atoms with Crippen LogP contribution in [0.2, 0.25) is 0 Å². The molecule has 0 unspecified atom stereocenters. The Labute approximate surface area is 141 Å². The molecular weight excluding hydrogens is 306 g/mol. The highest BCUT2D eigenvalue weighted by atomic mass is 16.4. The topological polar surface area (TPSA) is 84.2 Å². The number of carbonyl (C=O) groups excluding carboxylic acids is 1. The van der Waals surface area contributed by atoms with Crippen molar-refractivity contribution in [1.82, 2.24) is 15.1 Å². The number of carboxylic acids is 1. The lowest BCUT2D eigenvalue weighted by Crippen LogP contribution is -2.42. The zero-order chi connectivity index (χ0) is 17.6. The number of nitrogens with one attached hydrogen (secondary N) is 1. The summed E-state index contributed by atoms with van der Waals surface area (Å²) in [6.45, 7) is 4.42. The molecule has 0 aliphatic heterocycles. The second-order valence-corrected chi connectivity index (χ2v) is 5.88. The zero-order valence-electron chi connectivity index (χ0n) is 14.0. The normalized spacial score (nSPS) is 11.2. The van der Waals surface area contributed by atoms with E-state index in [1.165, 1.54) is 0 Å². The predicted molar refractivity (Wildman–Crippen MR) is 90.8 cm³/mol. The third-order valence-electron chi connectivity index (χ3n) is 4.51. The van der Waals surface area contributed by atoms with E-state index in [1.54, 1.807) is 23.0 Å². The molecule has 0 aliphatic carbocycles. The minimum absolute atomic E-state index is 0.128. The van der Waals surface area contributed by atoms with Gasteiger partial charge in [-0.2, -0.15) is 5.10 Å². The molecule has 0 bridgehead atoms. The Balaban J connectivity index is 1.98. The van der Waals surface area contributed by atoms with Gasteiger partial charge in [0, 0.05) is 24.5 Å². The third kappa shape index (κ3) is 4.01. The van der Waals surface area contributed by atoms with E-state index in [0.717, 1.165) is 5.56 Å². The first-order chi connectivity index (χ1) is 11.5. The number of hydrogen-bond acceptors (Lipinski definition) is 3. The fraction of sp³-hybridized carbons (Fsp3) is 0.389. The summed E-state index contributed by atoms with van der Waals surface area (Å²) in [5.74, 6) is -1.13. The van der Waals surface area contributed by atoms with Gasteiger partial charge in [0.15, 0.2) is 0 Å². The standard InChI is InChI=1S/C18H23N3O3/c1-3-18(4-2,17(23)24)13-19-16(22)15-8-6-14(7-9-15)12-21-11-5-10-20-21/h5-11H,3-4,12-13H2,1-2H3,(H,19,22)(H,23,24). The maximum absolute atomic E-state index is 12.3. The lowest BCUT2D eigenvalue weighted by atomic mass is 9.82. The Morgan fingerprint density at radius 3 is 2.38 bits per heavy atom. The van der Waals surface area contributed by atoms with Crippen LogP contribution in [0.5, 0.6) is 0 Å². The highest BCUT2D eigenvalue weighted by Gasteiger charge is 2.35. The molecule has 24 heavy (non-hydrogen) atoms. The summed E-state index contributed by atoms with van der Waals surface area (Å²) in [4.78, 5) is 23.7. The van der Waals surface area contributed by atoms with Gasteiger partial charge in [-0.15, -0.1) is 0 Å². The van der Waals surface area contributed by atoms with Crippen LogP contribution in [0.15, 0.2) is 42.7 Å². The van der Waals surface area contributed by atoms with Gasteiger partial charge in [-0.05, 0) is 36.6 Å². The van der Waals surface area contributed by atoms with Gasteiger partial charge in [-0.25, -0.2) is 0 Å². The summed E-state index contributed by atoms with van der Waals surface area (Å²) in [6, 6.07) is 9.10. The van der Waals surface area contributed by atoms with E-state index in [9.17, 15) is 14.7 Å². The van der Waals surface area contributed by atoms with Crippen LogP contribution in [-0.2, 0) is 11.3 Å². The van der Waals surface area contributed by atoms with E-state index >= 15 is 0 Å². The molecular formula is C18H23N3O3. The van der Waals surface area contributed by atoms with Gasteiger partial charge in [0.2, 0.25) is 0 Å². The Hall–Kier alpha value is -2.63. The van der Waals surface area contributed by atoms with E-state index in [1.807, 2.05) is 38.2 Å². The number of aromatic nitrogens is 2. The van der Waals surface area contributed by atoms with Crippen LogP contribution in [0, 0.1) is 5.41 Å². The number of nitrogens with zero attached hydrogens (tertiary/aromatic N) is 2. The number of amides is 1. The largest absolute Gasteiger partial charge is 0.481 e. The molecule has 1 amide bonds. The lowest BCUT2D eigenvalue weighted by Gasteiger charge is -2.26. The van der Waals surface area contributed by atoms with Gasteiger partial charge in [0.05, 0.1) is 12.0 Å². The van der Waals surface area contributed by atoms with Crippen LogP contribution >= 0.6 is 0 Å². The average Bonchev–Trinajstić information content (AvgIpc) is 3.09. The van der Waals surface area contributed by atoms with Crippen LogP contribution in [0.25, 0.3) is 0 Å². The first-order valence-electron chi connectivity index (χ1n) is 8.08. The van der Waals surface area contributed by atoms with Crippen LogP contribution in [0.1, 0.15) is 42.6 Å². The molecule has 0 spiro atoms. The smallest absolute Gasteiger partial charge is 0.311 e. The fourth-order valence-corrected chi connectivity index (χ4v) is 2.57. The number of aliphatic carboxylic acids is 1. The van der Waals surface area contributed by atoms with Gasteiger partial charge in [0.1, 0.15) is 0 Å². The highest BCUT2D eigenvalue weighted by molar-refractivity contribution is 5.94. The summed E-state index contributed by atoms with van der Waals surface area (Å²) in [6.07, 6.45) is 4.55. The second-order valence-electron chi connectivity index (χ2n) is 5.88. The molecule has 6 heteroatoms. The number of carbonyl (C=O) groups is 2. The van der Waals surface area contributed by atoms with Gasteiger partial charge >= 0.3 is 5.97 Å². The Kier molecular flexibility index (Phi) is 5.73. The number of hydrogen-bond donors (Lipinski definition) is 2. The zero-order valence-corrected chi connectivity index (χ0v) is 14.0. The second kappa shape index (κ2) is 7.77. The van der Waals surface area contributed by atoms with E-state index in [2.05, 4.69) is 10.4 Å². The quantitative estimate of drug-likeness (QED) is 0.779. The van der Waals surface area contributed by atoms with Crippen molar-refractivity contribution >= 4 is 11.9 Å². The summed E-state index contributed by atoms with van der Waals surface area (Å²) in [5.41, 5.74) is 0.651. The van der Waals surface area contributed by atoms with Crippen molar-refractivity contribution in [1.29, 1.82) is 0 Å². The van der Waals surface area contributed by atoms with Gasteiger partial charge in [-0.1, -0.05) is 26.0 Å². The van der Waals surface area contributed by atoms with Crippen LogP contribution in [0.3, 0.4) is 0 Å². The molecule has 6 nitrogen and oxygen atoms in total. The van der Waals surface area contributed by atoms with Crippen LogP contribution in [-0.4, -0.2) is 33.3 Å². The molecule has 1 heterocycles. The van der Waals surface area contributed by atoms with E-state index in [0.29, 0.717) is 24.9 Å². The Morgan fingerprint density at radius 1 is 1.21 bits per heavy atom. The van der Waals surface area contributed by atoms with E-state index < -0.39 is 11.4 Å². The summed E-state index contributed by atoms with van der Waals surface area (Å²) in [5, 5.41) is 16.3. The van der Waals surface area contributed by atoms with Crippen LogP contribution < -0.4 is 5.32 Å². The first-order valence-corrected chi connectivity index (χ1v) is 8.08. The molecule has 0 radical (unpaired) electrons. The molecule has 2 aromatic rings.